The van der Waals surface area contributed by atoms with E-state index in [9.17, 15) is 0 Å². The van der Waals surface area contributed by atoms with Gasteiger partial charge in [0.05, 0.1) is 11.7 Å². The van der Waals surface area contributed by atoms with E-state index < -0.39 is 0 Å². The molecule has 0 saturated carbocycles. The van der Waals surface area contributed by atoms with Crippen LogP contribution in [0.15, 0.2) is 0 Å². The van der Waals surface area contributed by atoms with Crippen molar-refractivity contribution in [2.24, 2.45) is 5.92 Å². The van der Waals surface area contributed by atoms with Crippen molar-refractivity contribution in [3.05, 3.63) is 17.0 Å². The van der Waals surface area contributed by atoms with Gasteiger partial charge in [0, 0.05) is 5.69 Å². The molecule has 0 aliphatic rings. The fraction of sp³-hybridized carbons (Fsp3) is 0.800. The van der Waals surface area contributed by atoms with Crippen LogP contribution in [-0.4, -0.2) is 23.4 Å². The van der Waals surface area contributed by atoms with E-state index in [1.165, 1.54) is 17.0 Å². The van der Waals surface area contributed by atoms with Crippen LogP contribution in [0.1, 0.15) is 56.6 Å². The molecule has 18 heavy (non-hydrogen) atoms. The first kappa shape index (κ1) is 15.2. The number of hydrogen-bond acceptors (Lipinski definition) is 2. The highest BCUT2D eigenvalue weighted by Crippen LogP contribution is 2.23. The summed E-state index contributed by atoms with van der Waals surface area (Å²) in [7, 11) is 2.02. The Kier molecular flexibility index (Phi) is 5.86. The van der Waals surface area contributed by atoms with Crippen LogP contribution in [0.25, 0.3) is 0 Å². The maximum atomic E-state index is 4.76. The first-order valence-corrected chi connectivity index (χ1v) is 7.24. The topological polar surface area (TPSA) is 29.9 Å². The van der Waals surface area contributed by atoms with Gasteiger partial charge in [-0.25, -0.2) is 0 Å². The van der Waals surface area contributed by atoms with Gasteiger partial charge < -0.3 is 5.32 Å². The second-order valence-corrected chi connectivity index (χ2v) is 5.43. The maximum absolute atomic E-state index is 4.76. The van der Waals surface area contributed by atoms with Gasteiger partial charge in [0.2, 0.25) is 0 Å². The molecular formula is C15H29N3. The molecule has 3 nitrogen and oxygen atoms in total. The highest BCUT2D eigenvalue weighted by Gasteiger charge is 2.17. The minimum Gasteiger partial charge on any atom is -0.319 e. The lowest BCUT2D eigenvalue weighted by molar-refractivity contribution is 0.417. The first-order valence-electron chi connectivity index (χ1n) is 7.24. The third-order valence-corrected chi connectivity index (χ3v) is 3.87. The van der Waals surface area contributed by atoms with Gasteiger partial charge in [-0.3, -0.25) is 4.68 Å². The van der Waals surface area contributed by atoms with Crippen LogP contribution < -0.4 is 5.32 Å². The Hall–Kier alpha value is -0.830. The Labute approximate surface area is 112 Å². The molecule has 1 heterocycles. The molecule has 3 heteroatoms. The first-order chi connectivity index (χ1) is 8.54. The maximum Gasteiger partial charge on any atom is 0.0628 e. The summed E-state index contributed by atoms with van der Waals surface area (Å²) in [5, 5.41) is 8.01. The minimum atomic E-state index is 0.553. The number of hydrogen-bond donors (Lipinski definition) is 1. The van der Waals surface area contributed by atoms with Gasteiger partial charge in [0.1, 0.15) is 0 Å². The predicted octanol–water partition coefficient (Wildman–Crippen LogP) is 3.26. The molecule has 1 rings (SSSR count). The molecule has 0 aliphatic heterocycles. The Bertz CT molecular complexity index is 364. The van der Waals surface area contributed by atoms with Crippen molar-refractivity contribution in [3.8, 4) is 0 Å². The van der Waals surface area contributed by atoms with E-state index in [0.29, 0.717) is 12.0 Å². The summed E-state index contributed by atoms with van der Waals surface area (Å²) in [4.78, 5) is 0. The van der Waals surface area contributed by atoms with Gasteiger partial charge in [0.15, 0.2) is 0 Å². The van der Waals surface area contributed by atoms with Crippen molar-refractivity contribution < 1.29 is 0 Å². The Morgan fingerprint density at radius 2 is 1.83 bits per heavy atom. The smallest absolute Gasteiger partial charge is 0.0628 e. The second-order valence-electron chi connectivity index (χ2n) is 5.43. The van der Waals surface area contributed by atoms with Crippen LogP contribution in [0.4, 0.5) is 0 Å². The molecule has 1 aromatic heterocycles. The second kappa shape index (κ2) is 6.93. The molecule has 0 spiro atoms. The van der Waals surface area contributed by atoms with E-state index in [-0.39, 0.29) is 0 Å². The largest absolute Gasteiger partial charge is 0.319 e. The standard InChI is InChI=1S/C15H29N3/c1-7-14(8-2)18-13(5)15(12(4)17-18)9-11(3)10-16-6/h11,14,16H,7-10H2,1-6H3. The third-order valence-electron chi connectivity index (χ3n) is 3.87. The fourth-order valence-electron chi connectivity index (χ4n) is 2.75. The lowest BCUT2D eigenvalue weighted by atomic mass is 9.99. The van der Waals surface area contributed by atoms with Crippen LogP contribution in [0.2, 0.25) is 0 Å². The minimum absolute atomic E-state index is 0.553. The van der Waals surface area contributed by atoms with Crippen molar-refractivity contribution >= 4 is 0 Å². The van der Waals surface area contributed by atoms with Gasteiger partial charge in [-0.15, -0.1) is 0 Å². The average molecular weight is 251 g/mol. The fourth-order valence-corrected chi connectivity index (χ4v) is 2.75. The van der Waals surface area contributed by atoms with E-state index in [4.69, 9.17) is 5.10 Å². The van der Waals surface area contributed by atoms with E-state index in [2.05, 4.69) is 44.6 Å². The Balaban J connectivity index is 2.93. The molecule has 1 atom stereocenters. The highest BCUT2D eigenvalue weighted by atomic mass is 15.3. The van der Waals surface area contributed by atoms with E-state index in [1.54, 1.807) is 0 Å². The third kappa shape index (κ3) is 3.35. The van der Waals surface area contributed by atoms with E-state index in [1.807, 2.05) is 7.05 Å². The van der Waals surface area contributed by atoms with Gasteiger partial charge in [-0.05, 0) is 58.2 Å². The SMILES string of the molecule is CCC(CC)n1nc(C)c(CC(C)CNC)c1C. The van der Waals surface area contributed by atoms with E-state index in [0.717, 1.165) is 25.8 Å². The zero-order chi connectivity index (χ0) is 13.7. The van der Waals surface area contributed by atoms with Crippen molar-refractivity contribution in [2.45, 2.75) is 59.9 Å². The lowest BCUT2D eigenvalue weighted by Gasteiger charge is -2.16. The molecule has 1 aromatic rings. The summed E-state index contributed by atoms with van der Waals surface area (Å²) in [5.41, 5.74) is 4.02. The van der Waals surface area contributed by atoms with Gasteiger partial charge in [-0.2, -0.15) is 5.10 Å². The van der Waals surface area contributed by atoms with Crippen molar-refractivity contribution in [3.63, 3.8) is 0 Å². The number of aryl methyl sites for hydroxylation is 1. The molecule has 0 fully saturated rings. The number of rotatable bonds is 7. The monoisotopic (exact) mass is 251 g/mol. The quantitative estimate of drug-likeness (QED) is 0.806. The van der Waals surface area contributed by atoms with Crippen LogP contribution in [0.3, 0.4) is 0 Å². The predicted molar refractivity (Wildman–Crippen MR) is 78.1 cm³/mol. The Morgan fingerprint density at radius 3 is 2.33 bits per heavy atom. The van der Waals surface area contributed by atoms with Crippen molar-refractivity contribution in [1.82, 2.24) is 15.1 Å². The molecule has 0 bridgehead atoms. The Morgan fingerprint density at radius 1 is 1.22 bits per heavy atom. The van der Waals surface area contributed by atoms with Crippen molar-refractivity contribution in [1.29, 1.82) is 0 Å². The average Bonchev–Trinajstić information content (AvgIpc) is 2.60. The van der Waals surface area contributed by atoms with Gasteiger partial charge in [0.25, 0.3) is 0 Å². The zero-order valence-corrected chi connectivity index (χ0v) is 12.9. The highest BCUT2D eigenvalue weighted by molar-refractivity contribution is 5.25. The summed E-state index contributed by atoms with van der Waals surface area (Å²) in [6.45, 7) is 12.2. The van der Waals surface area contributed by atoms with Crippen LogP contribution in [-0.2, 0) is 6.42 Å². The summed E-state index contributed by atoms with van der Waals surface area (Å²) in [5.74, 6) is 0.659. The van der Waals surface area contributed by atoms with Crippen LogP contribution in [0, 0.1) is 19.8 Å². The molecule has 0 amide bonds. The van der Waals surface area contributed by atoms with E-state index >= 15 is 0 Å². The van der Waals surface area contributed by atoms with Crippen LogP contribution >= 0.6 is 0 Å². The normalized spacial score (nSPS) is 13.3. The summed E-state index contributed by atoms with van der Waals surface area (Å²) < 4.78 is 2.25. The van der Waals surface area contributed by atoms with Crippen LogP contribution in [0.5, 0.6) is 0 Å². The number of nitrogens with one attached hydrogen (secondary N) is 1. The molecule has 104 valence electrons. The summed E-state index contributed by atoms with van der Waals surface area (Å²) >= 11 is 0. The molecule has 1 N–H and O–H groups in total. The van der Waals surface area contributed by atoms with Gasteiger partial charge in [-0.1, -0.05) is 20.8 Å². The zero-order valence-electron chi connectivity index (χ0n) is 12.9. The molecule has 1 unspecified atom stereocenters. The summed E-state index contributed by atoms with van der Waals surface area (Å²) in [6.07, 6.45) is 3.44. The van der Waals surface area contributed by atoms with Crippen molar-refractivity contribution in [2.75, 3.05) is 13.6 Å². The molecular weight excluding hydrogens is 222 g/mol. The molecule has 0 radical (unpaired) electrons. The van der Waals surface area contributed by atoms with Gasteiger partial charge >= 0.3 is 0 Å². The molecule has 0 aromatic carbocycles. The molecule has 0 aliphatic carbocycles. The number of aromatic nitrogens is 2. The molecule has 0 saturated heterocycles. The summed E-state index contributed by atoms with van der Waals surface area (Å²) in [6, 6.07) is 0.553. The lowest BCUT2D eigenvalue weighted by Crippen LogP contribution is -2.18. The number of nitrogens with zero attached hydrogens (tertiary/aromatic N) is 2.